The van der Waals surface area contributed by atoms with Gasteiger partial charge in [0.2, 0.25) is 0 Å². The van der Waals surface area contributed by atoms with E-state index in [4.69, 9.17) is 9.47 Å². The van der Waals surface area contributed by atoms with Gasteiger partial charge in [-0.15, -0.1) is 0 Å². The number of carbonyl (C=O) groups excluding carboxylic acids is 1. The van der Waals surface area contributed by atoms with Gasteiger partial charge in [0.15, 0.2) is 0 Å². The second kappa shape index (κ2) is 7.02. The lowest BCUT2D eigenvalue weighted by molar-refractivity contribution is 0.120. The van der Waals surface area contributed by atoms with Crippen molar-refractivity contribution in [2.24, 2.45) is 0 Å². The van der Waals surface area contributed by atoms with Crippen LogP contribution in [0.3, 0.4) is 0 Å². The highest BCUT2D eigenvalue weighted by Gasteiger charge is 2.29. The summed E-state index contributed by atoms with van der Waals surface area (Å²) < 4.78 is 16.2. The normalized spacial score (nSPS) is 16.2. The molecule has 2 fully saturated rings. The highest BCUT2D eigenvalue weighted by Crippen LogP contribution is 2.46. The fourth-order valence-corrected chi connectivity index (χ4v) is 3.40. The predicted molar refractivity (Wildman–Crippen MR) is 98.9 cm³/mol. The maximum Gasteiger partial charge on any atom is 0.513 e. The number of hydrogen-bond acceptors (Lipinski definition) is 4. The molecule has 0 aromatic heterocycles. The van der Waals surface area contributed by atoms with Crippen molar-refractivity contribution in [1.82, 2.24) is 0 Å². The van der Waals surface area contributed by atoms with Crippen LogP contribution in [0, 0.1) is 6.92 Å². The summed E-state index contributed by atoms with van der Waals surface area (Å²) in [6, 6.07) is 12.2. The molecule has 4 heteroatoms. The van der Waals surface area contributed by atoms with Gasteiger partial charge in [-0.1, -0.05) is 29.8 Å². The summed E-state index contributed by atoms with van der Waals surface area (Å²) in [6.07, 6.45) is 4.11. The standard InChI is InChI=1S/C22H24O4/c1-14-6-11-20(18(12-14)16-9-10-16)25-13-19-17(15-7-8-15)4-3-5-21(19)26-22(23)24-2/h3-6,11-12,15-16H,7-10,13H2,1-2H3. The predicted octanol–water partition coefficient (Wildman–Crippen LogP) is 5.47. The summed E-state index contributed by atoms with van der Waals surface area (Å²) in [5.74, 6) is 2.62. The molecule has 0 bridgehead atoms. The Bertz CT molecular complexity index is 819. The van der Waals surface area contributed by atoms with E-state index in [9.17, 15) is 4.79 Å². The van der Waals surface area contributed by atoms with Crippen molar-refractivity contribution in [3.8, 4) is 11.5 Å². The second-order valence-electron chi connectivity index (χ2n) is 7.26. The minimum atomic E-state index is -0.701. The summed E-state index contributed by atoms with van der Waals surface area (Å²) in [7, 11) is 1.32. The maximum absolute atomic E-state index is 11.6. The number of ether oxygens (including phenoxy) is 3. The third kappa shape index (κ3) is 3.69. The number of aryl methyl sites for hydroxylation is 1. The molecule has 0 N–H and O–H groups in total. The fourth-order valence-electron chi connectivity index (χ4n) is 3.40. The van der Waals surface area contributed by atoms with Crippen LogP contribution in [-0.2, 0) is 11.3 Å². The van der Waals surface area contributed by atoms with Crippen molar-refractivity contribution >= 4 is 6.16 Å². The first kappa shape index (κ1) is 17.0. The van der Waals surface area contributed by atoms with Gasteiger partial charge < -0.3 is 14.2 Å². The first-order valence-electron chi connectivity index (χ1n) is 9.26. The number of hydrogen-bond donors (Lipinski definition) is 0. The van der Waals surface area contributed by atoms with Crippen LogP contribution in [0.2, 0.25) is 0 Å². The van der Waals surface area contributed by atoms with Crippen LogP contribution in [0.25, 0.3) is 0 Å². The lowest BCUT2D eigenvalue weighted by Crippen LogP contribution is -2.11. The van der Waals surface area contributed by atoms with Gasteiger partial charge in [0.1, 0.15) is 18.1 Å². The maximum atomic E-state index is 11.6. The van der Waals surface area contributed by atoms with Crippen molar-refractivity contribution in [3.63, 3.8) is 0 Å². The number of methoxy groups -OCH3 is 1. The van der Waals surface area contributed by atoms with E-state index in [-0.39, 0.29) is 0 Å². The highest BCUT2D eigenvalue weighted by molar-refractivity contribution is 5.65. The van der Waals surface area contributed by atoms with E-state index in [2.05, 4.69) is 35.9 Å². The molecule has 2 aliphatic carbocycles. The zero-order valence-electron chi connectivity index (χ0n) is 15.3. The lowest BCUT2D eigenvalue weighted by atomic mass is 10.0. The average molecular weight is 352 g/mol. The number of benzene rings is 2. The molecule has 0 amide bonds. The number of carbonyl (C=O) groups is 1. The van der Waals surface area contributed by atoms with Crippen LogP contribution in [0.1, 0.15) is 59.8 Å². The number of rotatable bonds is 6. The van der Waals surface area contributed by atoms with Gasteiger partial charge in [0.05, 0.1) is 7.11 Å². The zero-order chi connectivity index (χ0) is 18.1. The third-order valence-electron chi connectivity index (χ3n) is 5.10. The smallest absolute Gasteiger partial charge is 0.488 e. The quantitative estimate of drug-likeness (QED) is 0.510. The van der Waals surface area contributed by atoms with E-state index in [0.29, 0.717) is 24.2 Å². The van der Waals surface area contributed by atoms with Crippen molar-refractivity contribution in [2.75, 3.05) is 7.11 Å². The SMILES string of the molecule is COC(=O)Oc1cccc(C2CC2)c1COc1ccc(C)cc1C1CC1. The van der Waals surface area contributed by atoms with Gasteiger partial charge in [-0.25, -0.2) is 4.79 Å². The minimum absolute atomic E-state index is 0.391. The summed E-state index contributed by atoms with van der Waals surface area (Å²) >= 11 is 0. The molecule has 0 heterocycles. The molecular weight excluding hydrogens is 328 g/mol. The first-order chi connectivity index (χ1) is 12.7. The fraction of sp³-hybridized carbons (Fsp3) is 0.409. The van der Waals surface area contributed by atoms with E-state index >= 15 is 0 Å². The molecule has 0 radical (unpaired) electrons. The Balaban J connectivity index is 1.60. The molecule has 0 saturated heterocycles. The molecule has 2 aliphatic rings. The van der Waals surface area contributed by atoms with E-state index in [1.165, 1.54) is 49.5 Å². The molecule has 4 rings (SSSR count). The Labute approximate surface area is 154 Å². The van der Waals surface area contributed by atoms with Crippen molar-refractivity contribution in [3.05, 3.63) is 58.7 Å². The molecule has 0 atom stereocenters. The Kier molecular flexibility index (Phi) is 4.58. The summed E-state index contributed by atoms with van der Waals surface area (Å²) in [5, 5.41) is 0. The third-order valence-corrected chi connectivity index (χ3v) is 5.10. The van der Waals surface area contributed by atoms with E-state index < -0.39 is 6.16 Å². The first-order valence-corrected chi connectivity index (χ1v) is 9.26. The molecule has 26 heavy (non-hydrogen) atoms. The monoisotopic (exact) mass is 352 g/mol. The average Bonchev–Trinajstić information content (AvgIpc) is 3.54. The van der Waals surface area contributed by atoms with E-state index in [0.717, 1.165) is 11.3 Å². The Morgan fingerprint density at radius 3 is 2.42 bits per heavy atom. The largest absolute Gasteiger partial charge is 0.513 e. The van der Waals surface area contributed by atoms with Crippen LogP contribution in [0.5, 0.6) is 11.5 Å². The molecule has 4 nitrogen and oxygen atoms in total. The summed E-state index contributed by atoms with van der Waals surface area (Å²) in [6.45, 7) is 2.50. The van der Waals surface area contributed by atoms with Gasteiger partial charge in [0.25, 0.3) is 0 Å². The molecule has 0 spiro atoms. The van der Waals surface area contributed by atoms with Crippen molar-refractivity contribution in [2.45, 2.75) is 51.0 Å². The Morgan fingerprint density at radius 2 is 1.73 bits per heavy atom. The Hall–Kier alpha value is -2.49. The van der Waals surface area contributed by atoms with Gasteiger partial charge in [-0.05, 0) is 67.7 Å². The van der Waals surface area contributed by atoms with Crippen LogP contribution in [0.4, 0.5) is 4.79 Å². The molecule has 2 aromatic rings. The van der Waals surface area contributed by atoms with Gasteiger partial charge in [0, 0.05) is 5.56 Å². The Morgan fingerprint density at radius 1 is 1.00 bits per heavy atom. The van der Waals surface area contributed by atoms with Crippen LogP contribution in [0.15, 0.2) is 36.4 Å². The van der Waals surface area contributed by atoms with E-state index in [1.807, 2.05) is 6.07 Å². The summed E-state index contributed by atoms with van der Waals surface area (Å²) in [4.78, 5) is 11.6. The van der Waals surface area contributed by atoms with Gasteiger partial charge in [-0.2, -0.15) is 0 Å². The van der Waals surface area contributed by atoms with Gasteiger partial charge in [-0.3, -0.25) is 0 Å². The van der Waals surface area contributed by atoms with Crippen molar-refractivity contribution in [1.29, 1.82) is 0 Å². The molecule has 2 saturated carbocycles. The lowest BCUT2D eigenvalue weighted by Gasteiger charge is -2.17. The molecular formula is C22H24O4. The topological polar surface area (TPSA) is 44.8 Å². The molecule has 0 unspecified atom stereocenters. The zero-order valence-corrected chi connectivity index (χ0v) is 15.3. The summed E-state index contributed by atoms with van der Waals surface area (Å²) in [5.41, 5.74) is 4.71. The van der Waals surface area contributed by atoms with Crippen molar-refractivity contribution < 1.29 is 19.0 Å². The molecule has 2 aromatic carbocycles. The molecule has 0 aliphatic heterocycles. The van der Waals surface area contributed by atoms with Crippen LogP contribution >= 0.6 is 0 Å². The van der Waals surface area contributed by atoms with Crippen LogP contribution < -0.4 is 9.47 Å². The molecule has 136 valence electrons. The second-order valence-corrected chi connectivity index (χ2v) is 7.26. The minimum Gasteiger partial charge on any atom is -0.488 e. The van der Waals surface area contributed by atoms with E-state index in [1.54, 1.807) is 6.07 Å². The van der Waals surface area contributed by atoms with Crippen LogP contribution in [-0.4, -0.2) is 13.3 Å². The highest BCUT2D eigenvalue weighted by atomic mass is 16.7. The van der Waals surface area contributed by atoms with Gasteiger partial charge >= 0.3 is 6.16 Å².